The molecule has 1 rings (SSSR count). The fourth-order valence-corrected chi connectivity index (χ4v) is 2.50. The monoisotopic (exact) mass is 285 g/mol. The summed E-state index contributed by atoms with van der Waals surface area (Å²) in [7, 11) is 3.64. The van der Waals surface area contributed by atoms with Crippen molar-refractivity contribution in [3.8, 4) is 0 Å². The maximum atomic E-state index is 12.0. The normalized spacial score (nSPS) is 20.2. The van der Waals surface area contributed by atoms with Crippen molar-refractivity contribution >= 4 is 12.0 Å². The van der Waals surface area contributed by atoms with Gasteiger partial charge in [-0.05, 0) is 44.8 Å². The van der Waals surface area contributed by atoms with Crippen molar-refractivity contribution in [2.75, 3.05) is 33.7 Å². The molecule has 0 aliphatic carbocycles. The van der Waals surface area contributed by atoms with Gasteiger partial charge in [0.15, 0.2) is 0 Å². The molecule has 0 aromatic heterocycles. The Bertz CT molecular complexity index is 352. The Morgan fingerprint density at radius 3 is 2.40 bits per heavy atom. The van der Waals surface area contributed by atoms with Crippen LogP contribution in [0, 0.1) is 5.41 Å². The van der Waals surface area contributed by atoms with Gasteiger partial charge in [0.25, 0.3) is 0 Å². The zero-order valence-corrected chi connectivity index (χ0v) is 13.0. The number of urea groups is 1. The molecule has 1 aliphatic rings. The molecule has 1 atom stereocenters. The van der Waals surface area contributed by atoms with Crippen molar-refractivity contribution in [1.82, 2.24) is 15.1 Å². The minimum Gasteiger partial charge on any atom is -0.480 e. The van der Waals surface area contributed by atoms with Crippen molar-refractivity contribution in [1.29, 1.82) is 0 Å². The molecule has 0 bridgehead atoms. The van der Waals surface area contributed by atoms with Gasteiger partial charge in [0.1, 0.15) is 6.04 Å². The van der Waals surface area contributed by atoms with Gasteiger partial charge in [-0.15, -0.1) is 0 Å². The fraction of sp³-hybridized carbons (Fsp3) is 0.857. The number of amides is 2. The van der Waals surface area contributed by atoms with E-state index in [-0.39, 0.29) is 11.4 Å². The predicted octanol–water partition coefficient (Wildman–Crippen LogP) is 1.22. The quantitative estimate of drug-likeness (QED) is 0.796. The maximum Gasteiger partial charge on any atom is 0.326 e. The molecule has 1 heterocycles. The third-order valence-corrected chi connectivity index (χ3v) is 4.32. The van der Waals surface area contributed by atoms with E-state index in [0.717, 1.165) is 25.9 Å². The molecule has 1 saturated heterocycles. The first-order valence-corrected chi connectivity index (χ1v) is 7.21. The number of nitrogens with one attached hydrogen (secondary N) is 1. The standard InChI is InChI=1S/C14H27N3O3/c1-5-11(12(18)19)17(4)13(20)15-10-14(2)6-8-16(3)9-7-14/h11H,5-10H2,1-4H3,(H,15,20)(H,18,19). The van der Waals surface area contributed by atoms with Gasteiger partial charge in [-0.2, -0.15) is 0 Å². The molecule has 0 radical (unpaired) electrons. The molecule has 1 aliphatic heterocycles. The van der Waals surface area contributed by atoms with Crippen molar-refractivity contribution < 1.29 is 14.7 Å². The number of aliphatic carboxylic acids is 1. The van der Waals surface area contributed by atoms with Crippen LogP contribution in [0.4, 0.5) is 4.79 Å². The second kappa shape index (κ2) is 6.92. The van der Waals surface area contributed by atoms with Gasteiger partial charge in [0, 0.05) is 13.6 Å². The zero-order valence-electron chi connectivity index (χ0n) is 13.0. The van der Waals surface area contributed by atoms with E-state index in [9.17, 15) is 9.59 Å². The highest BCUT2D eigenvalue weighted by atomic mass is 16.4. The van der Waals surface area contributed by atoms with Crippen LogP contribution in [0.3, 0.4) is 0 Å². The molecule has 0 spiro atoms. The van der Waals surface area contributed by atoms with Crippen LogP contribution in [0.25, 0.3) is 0 Å². The third-order valence-electron chi connectivity index (χ3n) is 4.32. The lowest BCUT2D eigenvalue weighted by Crippen LogP contribution is -2.50. The summed E-state index contributed by atoms with van der Waals surface area (Å²) in [6.07, 6.45) is 2.49. The van der Waals surface area contributed by atoms with E-state index >= 15 is 0 Å². The number of carboxylic acids is 1. The Morgan fingerprint density at radius 1 is 1.40 bits per heavy atom. The highest BCUT2D eigenvalue weighted by Crippen LogP contribution is 2.29. The van der Waals surface area contributed by atoms with Crippen molar-refractivity contribution in [2.24, 2.45) is 5.41 Å². The Hall–Kier alpha value is -1.30. The molecule has 6 nitrogen and oxygen atoms in total. The number of carbonyl (C=O) groups is 2. The molecule has 20 heavy (non-hydrogen) atoms. The van der Waals surface area contributed by atoms with Crippen LogP contribution < -0.4 is 5.32 Å². The maximum absolute atomic E-state index is 12.0. The lowest BCUT2D eigenvalue weighted by atomic mass is 9.80. The van der Waals surface area contributed by atoms with Crippen LogP contribution in [-0.4, -0.2) is 66.7 Å². The van der Waals surface area contributed by atoms with Crippen LogP contribution in [0.5, 0.6) is 0 Å². The minimum absolute atomic E-state index is 0.105. The first-order valence-electron chi connectivity index (χ1n) is 7.21. The lowest BCUT2D eigenvalue weighted by molar-refractivity contribution is -0.141. The lowest BCUT2D eigenvalue weighted by Gasteiger charge is -2.38. The third kappa shape index (κ3) is 4.37. The molecule has 0 aromatic rings. The summed E-state index contributed by atoms with van der Waals surface area (Å²) in [4.78, 5) is 26.7. The van der Waals surface area contributed by atoms with Crippen molar-refractivity contribution in [2.45, 2.75) is 39.2 Å². The average molecular weight is 285 g/mol. The van der Waals surface area contributed by atoms with E-state index in [1.165, 1.54) is 11.9 Å². The molecular formula is C14H27N3O3. The molecule has 1 fully saturated rings. The van der Waals surface area contributed by atoms with Crippen LogP contribution >= 0.6 is 0 Å². The molecule has 0 aromatic carbocycles. The summed E-state index contributed by atoms with van der Waals surface area (Å²) in [6.45, 7) is 6.61. The van der Waals surface area contributed by atoms with E-state index in [1.54, 1.807) is 6.92 Å². The molecule has 6 heteroatoms. The van der Waals surface area contributed by atoms with Gasteiger partial charge in [0.05, 0.1) is 0 Å². The SMILES string of the molecule is CCC(C(=O)O)N(C)C(=O)NCC1(C)CCN(C)CC1. The van der Waals surface area contributed by atoms with E-state index in [0.29, 0.717) is 13.0 Å². The van der Waals surface area contributed by atoms with Gasteiger partial charge in [-0.3, -0.25) is 0 Å². The first-order chi connectivity index (χ1) is 9.29. The van der Waals surface area contributed by atoms with Gasteiger partial charge in [-0.25, -0.2) is 9.59 Å². The Morgan fingerprint density at radius 2 is 1.95 bits per heavy atom. The summed E-state index contributed by atoms with van der Waals surface area (Å²) < 4.78 is 0. The summed E-state index contributed by atoms with van der Waals surface area (Å²) in [5.41, 5.74) is 0.105. The minimum atomic E-state index is -0.962. The molecule has 2 N–H and O–H groups in total. The first kappa shape index (κ1) is 16.8. The Balaban J connectivity index is 2.48. The van der Waals surface area contributed by atoms with E-state index in [2.05, 4.69) is 24.2 Å². The second-order valence-electron chi connectivity index (χ2n) is 6.15. The van der Waals surface area contributed by atoms with Crippen molar-refractivity contribution in [3.05, 3.63) is 0 Å². The fourth-order valence-electron chi connectivity index (χ4n) is 2.50. The second-order valence-corrected chi connectivity index (χ2v) is 6.15. The number of carboxylic acid groups (broad SMARTS) is 1. The number of nitrogens with zero attached hydrogens (tertiary/aromatic N) is 2. The number of hydrogen-bond acceptors (Lipinski definition) is 3. The van der Waals surface area contributed by atoms with Gasteiger partial charge in [0.2, 0.25) is 0 Å². The number of hydrogen-bond donors (Lipinski definition) is 2. The molecule has 0 saturated carbocycles. The van der Waals surface area contributed by atoms with E-state index in [4.69, 9.17) is 5.11 Å². The number of carbonyl (C=O) groups excluding carboxylic acids is 1. The predicted molar refractivity (Wildman–Crippen MR) is 77.7 cm³/mol. The molecular weight excluding hydrogens is 258 g/mol. The van der Waals surface area contributed by atoms with Crippen LogP contribution in [0.2, 0.25) is 0 Å². The van der Waals surface area contributed by atoms with Crippen LogP contribution in [0.15, 0.2) is 0 Å². The van der Waals surface area contributed by atoms with Crippen LogP contribution in [0.1, 0.15) is 33.1 Å². The van der Waals surface area contributed by atoms with Crippen LogP contribution in [-0.2, 0) is 4.79 Å². The summed E-state index contributed by atoms with van der Waals surface area (Å²) in [6, 6.07) is -1.07. The van der Waals surface area contributed by atoms with Gasteiger partial charge < -0.3 is 20.2 Å². The van der Waals surface area contributed by atoms with E-state index < -0.39 is 12.0 Å². The molecule has 116 valence electrons. The van der Waals surface area contributed by atoms with Gasteiger partial charge >= 0.3 is 12.0 Å². The van der Waals surface area contributed by atoms with E-state index in [1.807, 2.05) is 0 Å². The Labute approximate surface area is 121 Å². The number of piperidine rings is 1. The zero-order chi connectivity index (χ0) is 15.3. The number of rotatable bonds is 5. The van der Waals surface area contributed by atoms with Gasteiger partial charge in [-0.1, -0.05) is 13.8 Å². The number of likely N-dealkylation sites (N-methyl/N-ethyl adjacent to an activating group) is 1. The summed E-state index contributed by atoms with van der Waals surface area (Å²) in [5, 5.41) is 11.9. The van der Waals surface area contributed by atoms with Crippen molar-refractivity contribution in [3.63, 3.8) is 0 Å². The molecule has 2 amide bonds. The smallest absolute Gasteiger partial charge is 0.326 e. The summed E-state index contributed by atoms with van der Waals surface area (Å²) >= 11 is 0. The largest absolute Gasteiger partial charge is 0.480 e. The Kier molecular flexibility index (Phi) is 5.80. The highest BCUT2D eigenvalue weighted by molar-refractivity contribution is 5.82. The highest BCUT2D eigenvalue weighted by Gasteiger charge is 2.31. The summed E-state index contributed by atoms with van der Waals surface area (Å²) in [5.74, 6) is -0.962. The molecule has 1 unspecified atom stereocenters. The number of likely N-dealkylation sites (tertiary alicyclic amines) is 1. The topological polar surface area (TPSA) is 72.9 Å². The average Bonchev–Trinajstić information content (AvgIpc) is 2.40.